The zero-order valence-electron chi connectivity index (χ0n) is 14.5. The van der Waals surface area contributed by atoms with Crippen LogP contribution < -0.4 is 9.64 Å². The van der Waals surface area contributed by atoms with E-state index in [1.807, 2.05) is 4.90 Å². The Morgan fingerprint density at radius 2 is 1.96 bits per heavy atom. The summed E-state index contributed by atoms with van der Waals surface area (Å²) in [5.41, 5.74) is 0.976. The van der Waals surface area contributed by atoms with Crippen LogP contribution in [-0.4, -0.2) is 37.0 Å². The van der Waals surface area contributed by atoms with E-state index in [-0.39, 0.29) is 12.5 Å². The van der Waals surface area contributed by atoms with Gasteiger partial charge in [0.1, 0.15) is 17.4 Å². The highest BCUT2D eigenvalue weighted by Gasteiger charge is 2.33. The van der Waals surface area contributed by atoms with Crippen LogP contribution in [0.1, 0.15) is 12.5 Å². The second kappa shape index (κ2) is 7.60. The van der Waals surface area contributed by atoms with Crippen molar-refractivity contribution in [3.63, 3.8) is 0 Å². The number of halogens is 3. The molecule has 0 N–H and O–H groups in total. The monoisotopic (exact) mass is 380 g/mol. The molecule has 0 spiro atoms. The number of carbonyl (C=O) groups is 1. The van der Waals surface area contributed by atoms with Crippen LogP contribution in [0.15, 0.2) is 36.4 Å². The minimum atomic E-state index is -0.617. The molecule has 26 heavy (non-hydrogen) atoms. The third-order valence-corrected chi connectivity index (χ3v) is 4.84. The van der Waals surface area contributed by atoms with Crippen LogP contribution in [0.4, 0.5) is 14.5 Å². The minimum Gasteiger partial charge on any atom is -0.495 e. The van der Waals surface area contributed by atoms with E-state index < -0.39 is 17.7 Å². The summed E-state index contributed by atoms with van der Waals surface area (Å²) >= 11 is 6.07. The van der Waals surface area contributed by atoms with Crippen LogP contribution >= 0.6 is 11.6 Å². The van der Waals surface area contributed by atoms with Gasteiger partial charge in [0.2, 0.25) is 5.91 Å². The number of benzene rings is 2. The van der Waals surface area contributed by atoms with E-state index in [1.54, 1.807) is 30.0 Å². The van der Waals surface area contributed by atoms with Crippen molar-refractivity contribution >= 4 is 23.2 Å². The SMILES string of the molecule is COc1ccc(Cl)cc1N1CCN(Cc2ccc(F)cc2F)[C@@H](C)C1=O. The van der Waals surface area contributed by atoms with Gasteiger partial charge in [-0.25, -0.2) is 8.78 Å². The van der Waals surface area contributed by atoms with Crippen molar-refractivity contribution in [1.29, 1.82) is 0 Å². The number of hydrogen-bond acceptors (Lipinski definition) is 3. The summed E-state index contributed by atoms with van der Waals surface area (Å²) in [5.74, 6) is -0.788. The molecule has 1 heterocycles. The number of piperazine rings is 1. The topological polar surface area (TPSA) is 32.8 Å². The Hall–Kier alpha value is -2.18. The summed E-state index contributed by atoms with van der Waals surface area (Å²) in [6.45, 7) is 2.97. The first-order valence-corrected chi connectivity index (χ1v) is 8.61. The molecular weight excluding hydrogens is 362 g/mol. The molecule has 4 nitrogen and oxygen atoms in total. The van der Waals surface area contributed by atoms with Crippen molar-refractivity contribution in [3.05, 3.63) is 58.6 Å². The second-order valence-corrected chi connectivity index (χ2v) is 6.62. The number of amides is 1. The fourth-order valence-electron chi connectivity index (χ4n) is 3.11. The zero-order chi connectivity index (χ0) is 18.8. The molecule has 1 aliphatic heterocycles. The quantitative estimate of drug-likeness (QED) is 0.807. The summed E-state index contributed by atoms with van der Waals surface area (Å²) in [6.07, 6.45) is 0. The van der Waals surface area contributed by atoms with E-state index in [2.05, 4.69) is 0 Å². The molecule has 0 unspecified atom stereocenters. The summed E-state index contributed by atoms with van der Waals surface area (Å²) in [4.78, 5) is 16.4. The molecule has 0 radical (unpaired) electrons. The lowest BCUT2D eigenvalue weighted by Gasteiger charge is -2.39. The Balaban J connectivity index is 1.80. The van der Waals surface area contributed by atoms with Crippen LogP contribution in [0.5, 0.6) is 5.75 Å². The molecule has 3 rings (SSSR count). The third-order valence-electron chi connectivity index (χ3n) is 4.60. The molecule has 1 atom stereocenters. The summed E-state index contributed by atoms with van der Waals surface area (Å²) in [6, 6.07) is 8.14. The maximum absolute atomic E-state index is 13.9. The van der Waals surface area contributed by atoms with Gasteiger partial charge in [-0.2, -0.15) is 0 Å². The molecule has 1 saturated heterocycles. The molecule has 1 amide bonds. The van der Waals surface area contributed by atoms with Crippen LogP contribution in [0.2, 0.25) is 5.02 Å². The number of carbonyl (C=O) groups excluding carboxylic acids is 1. The van der Waals surface area contributed by atoms with E-state index >= 15 is 0 Å². The maximum atomic E-state index is 13.9. The molecule has 1 fully saturated rings. The molecule has 0 aliphatic carbocycles. The Morgan fingerprint density at radius 1 is 1.19 bits per heavy atom. The number of methoxy groups -OCH3 is 1. The van der Waals surface area contributed by atoms with Crippen molar-refractivity contribution in [3.8, 4) is 5.75 Å². The molecule has 2 aromatic rings. The van der Waals surface area contributed by atoms with Crippen LogP contribution in [0, 0.1) is 11.6 Å². The predicted octanol–water partition coefficient (Wildman–Crippen LogP) is 3.86. The molecule has 2 aromatic carbocycles. The molecule has 7 heteroatoms. The number of hydrogen-bond donors (Lipinski definition) is 0. The van der Waals surface area contributed by atoms with Gasteiger partial charge in [-0.1, -0.05) is 17.7 Å². The molecule has 1 aliphatic rings. The lowest BCUT2D eigenvalue weighted by molar-refractivity contribution is -0.125. The van der Waals surface area contributed by atoms with Gasteiger partial charge in [0, 0.05) is 36.3 Å². The van der Waals surface area contributed by atoms with Crippen LogP contribution in [0.25, 0.3) is 0 Å². The third kappa shape index (κ3) is 3.66. The van der Waals surface area contributed by atoms with Gasteiger partial charge >= 0.3 is 0 Å². The van der Waals surface area contributed by atoms with Crippen molar-refractivity contribution in [2.75, 3.05) is 25.1 Å². The first-order valence-electron chi connectivity index (χ1n) is 8.23. The summed E-state index contributed by atoms with van der Waals surface area (Å²) in [5, 5.41) is 0.511. The van der Waals surface area contributed by atoms with E-state index in [9.17, 15) is 13.6 Å². The van der Waals surface area contributed by atoms with Gasteiger partial charge in [0.05, 0.1) is 18.8 Å². The average molecular weight is 381 g/mol. The van der Waals surface area contributed by atoms with E-state index in [4.69, 9.17) is 16.3 Å². The lowest BCUT2D eigenvalue weighted by Crippen LogP contribution is -2.55. The fourth-order valence-corrected chi connectivity index (χ4v) is 3.28. The highest BCUT2D eigenvalue weighted by Crippen LogP contribution is 2.33. The standard InChI is InChI=1S/C19H19ClF2N2O2/c1-12-19(25)24(17-9-14(20)4-6-18(17)26-2)8-7-23(12)11-13-3-5-15(21)10-16(13)22/h3-6,9-10,12H,7-8,11H2,1-2H3/t12-/m0/s1. The van der Waals surface area contributed by atoms with Crippen molar-refractivity contribution in [2.45, 2.75) is 19.5 Å². The minimum absolute atomic E-state index is 0.126. The normalized spacial score (nSPS) is 18.3. The van der Waals surface area contributed by atoms with Gasteiger partial charge in [-0.15, -0.1) is 0 Å². The first-order chi connectivity index (χ1) is 12.4. The number of ether oxygens (including phenoxy) is 1. The summed E-state index contributed by atoms with van der Waals surface area (Å²) in [7, 11) is 1.54. The molecule has 0 saturated carbocycles. The highest BCUT2D eigenvalue weighted by atomic mass is 35.5. The second-order valence-electron chi connectivity index (χ2n) is 6.19. The van der Waals surface area contributed by atoms with E-state index in [0.29, 0.717) is 35.1 Å². The Morgan fingerprint density at radius 3 is 2.65 bits per heavy atom. The number of anilines is 1. The molecule has 0 bridgehead atoms. The Kier molecular flexibility index (Phi) is 5.44. The van der Waals surface area contributed by atoms with Crippen LogP contribution in [-0.2, 0) is 11.3 Å². The zero-order valence-corrected chi connectivity index (χ0v) is 15.3. The van der Waals surface area contributed by atoms with Gasteiger partial charge in [0.25, 0.3) is 0 Å². The van der Waals surface area contributed by atoms with E-state index in [0.717, 1.165) is 6.07 Å². The lowest BCUT2D eigenvalue weighted by atomic mass is 10.1. The Bertz CT molecular complexity index is 831. The largest absolute Gasteiger partial charge is 0.495 e. The van der Waals surface area contributed by atoms with Gasteiger partial charge in [0.15, 0.2) is 0 Å². The van der Waals surface area contributed by atoms with Crippen LogP contribution in [0.3, 0.4) is 0 Å². The Labute approximate surface area is 155 Å². The van der Waals surface area contributed by atoms with Crippen molar-refractivity contribution in [1.82, 2.24) is 4.90 Å². The van der Waals surface area contributed by atoms with Gasteiger partial charge in [-0.05, 0) is 31.2 Å². The van der Waals surface area contributed by atoms with Gasteiger partial charge < -0.3 is 9.64 Å². The highest BCUT2D eigenvalue weighted by molar-refractivity contribution is 6.31. The molecule has 0 aromatic heterocycles. The number of nitrogens with zero attached hydrogens (tertiary/aromatic N) is 2. The smallest absolute Gasteiger partial charge is 0.244 e. The average Bonchev–Trinajstić information content (AvgIpc) is 2.61. The predicted molar refractivity (Wildman–Crippen MR) is 96.6 cm³/mol. The molecular formula is C19H19ClF2N2O2. The van der Waals surface area contributed by atoms with E-state index in [1.165, 1.54) is 19.2 Å². The molecule has 138 valence electrons. The maximum Gasteiger partial charge on any atom is 0.244 e. The fraction of sp³-hybridized carbons (Fsp3) is 0.316. The summed E-state index contributed by atoms with van der Waals surface area (Å²) < 4.78 is 32.3. The first kappa shape index (κ1) is 18.6. The van der Waals surface area contributed by atoms with Crippen molar-refractivity contribution in [2.24, 2.45) is 0 Å². The van der Waals surface area contributed by atoms with Crippen molar-refractivity contribution < 1.29 is 18.3 Å². The number of rotatable bonds is 4. The van der Waals surface area contributed by atoms with Gasteiger partial charge in [-0.3, -0.25) is 9.69 Å².